The monoisotopic (exact) mass is 416 g/mol. The average Bonchev–Trinajstić information content (AvgIpc) is 3.55. The molecule has 0 spiro atoms. The highest BCUT2D eigenvalue weighted by atomic mass is 16.5. The fraction of sp³-hybridized carbons (Fsp3) is 0.304. The van der Waals surface area contributed by atoms with Crippen molar-refractivity contribution >= 4 is 0 Å². The van der Waals surface area contributed by atoms with E-state index in [1.165, 1.54) is 0 Å². The van der Waals surface area contributed by atoms with Crippen molar-refractivity contribution in [2.24, 2.45) is 14.1 Å². The molecule has 0 bridgehead atoms. The molecule has 1 saturated heterocycles. The van der Waals surface area contributed by atoms with Gasteiger partial charge in [0.1, 0.15) is 6.61 Å². The van der Waals surface area contributed by atoms with Crippen molar-refractivity contribution in [1.29, 1.82) is 0 Å². The lowest BCUT2D eigenvalue weighted by molar-refractivity contribution is 0.0665. The van der Waals surface area contributed by atoms with Crippen LogP contribution in [-0.2, 0) is 18.8 Å². The smallest absolute Gasteiger partial charge is 0.225 e. The molecule has 4 heterocycles. The first-order valence-electron chi connectivity index (χ1n) is 10.4. The summed E-state index contributed by atoms with van der Waals surface area (Å²) in [5.41, 5.74) is 4.76. The molecule has 3 aromatic heterocycles. The number of rotatable bonds is 6. The molecule has 1 unspecified atom stereocenters. The number of hydrogen-bond acceptors (Lipinski definition) is 6. The fourth-order valence-electron chi connectivity index (χ4n) is 3.73. The normalized spacial score (nSPS) is 16.0. The lowest BCUT2D eigenvalue weighted by Gasteiger charge is -2.14. The molecular formula is C23H24N6O2. The molecule has 1 fully saturated rings. The minimum Gasteiger partial charge on any atom is -0.474 e. The van der Waals surface area contributed by atoms with Crippen LogP contribution in [0.3, 0.4) is 0 Å². The summed E-state index contributed by atoms with van der Waals surface area (Å²) in [5, 5.41) is 8.54. The van der Waals surface area contributed by atoms with Crippen LogP contribution in [0.1, 0.15) is 12.8 Å². The molecule has 1 atom stereocenters. The SMILES string of the molecule is Cn1cc(-c2cccc(-c3ncc(-c4cnn(C)c4)c(OCC4CCCO4)n3)c2)cn1. The van der Waals surface area contributed by atoms with Crippen molar-refractivity contribution < 1.29 is 9.47 Å². The van der Waals surface area contributed by atoms with Gasteiger partial charge >= 0.3 is 0 Å². The summed E-state index contributed by atoms with van der Waals surface area (Å²) < 4.78 is 15.4. The van der Waals surface area contributed by atoms with Gasteiger partial charge in [0.05, 0.1) is 24.1 Å². The second kappa shape index (κ2) is 8.31. The van der Waals surface area contributed by atoms with Gasteiger partial charge in [0, 0.05) is 56.0 Å². The van der Waals surface area contributed by atoms with Crippen LogP contribution in [0.25, 0.3) is 33.6 Å². The van der Waals surface area contributed by atoms with Crippen molar-refractivity contribution in [3.05, 3.63) is 55.2 Å². The number of aromatic nitrogens is 6. The van der Waals surface area contributed by atoms with Gasteiger partial charge in [-0.15, -0.1) is 0 Å². The molecule has 31 heavy (non-hydrogen) atoms. The van der Waals surface area contributed by atoms with E-state index in [4.69, 9.17) is 14.5 Å². The number of hydrogen-bond donors (Lipinski definition) is 0. The lowest BCUT2D eigenvalue weighted by atomic mass is 10.1. The van der Waals surface area contributed by atoms with E-state index in [-0.39, 0.29) is 6.10 Å². The first-order chi connectivity index (χ1) is 15.2. The zero-order valence-electron chi connectivity index (χ0n) is 17.6. The molecule has 5 rings (SSSR count). The molecule has 0 amide bonds. The van der Waals surface area contributed by atoms with E-state index in [0.717, 1.165) is 47.3 Å². The molecule has 1 aliphatic heterocycles. The number of benzene rings is 1. The van der Waals surface area contributed by atoms with E-state index in [0.29, 0.717) is 18.3 Å². The zero-order valence-corrected chi connectivity index (χ0v) is 17.6. The molecule has 0 radical (unpaired) electrons. The second-order valence-electron chi connectivity index (χ2n) is 7.74. The predicted molar refractivity (Wildman–Crippen MR) is 116 cm³/mol. The van der Waals surface area contributed by atoms with E-state index in [1.807, 2.05) is 44.8 Å². The third-order valence-electron chi connectivity index (χ3n) is 5.36. The van der Waals surface area contributed by atoms with Crippen LogP contribution in [0.5, 0.6) is 5.88 Å². The molecular weight excluding hydrogens is 392 g/mol. The van der Waals surface area contributed by atoms with Crippen molar-refractivity contribution in [2.45, 2.75) is 18.9 Å². The maximum Gasteiger partial charge on any atom is 0.225 e. The van der Waals surface area contributed by atoms with Gasteiger partial charge in [-0.2, -0.15) is 15.2 Å². The summed E-state index contributed by atoms with van der Waals surface area (Å²) in [6.07, 6.45) is 11.5. The van der Waals surface area contributed by atoms with Gasteiger partial charge in [-0.05, 0) is 24.5 Å². The molecule has 4 aromatic rings. The first-order valence-corrected chi connectivity index (χ1v) is 10.4. The van der Waals surface area contributed by atoms with Gasteiger partial charge < -0.3 is 9.47 Å². The molecule has 0 aliphatic carbocycles. The van der Waals surface area contributed by atoms with Crippen LogP contribution >= 0.6 is 0 Å². The second-order valence-corrected chi connectivity index (χ2v) is 7.74. The summed E-state index contributed by atoms with van der Waals surface area (Å²) in [6, 6.07) is 8.13. The molecule has 0 saturated carbocycles. The van der Waals surface area contributed by atoms with Crippen LogP contribution < -0.4 is 4.74 Å². The van der Waals surface area contributed by atoms with Gasteiger partial charge in [0.25, 0.3) is 0 Å². The minimum absolute atomic E-state index is 0.106. The Kier molecular flexibility index (Phi) is 5.21. The Bertz CT molecular complexity index is 1190. The third-order valence-corrected chi connectivity index (χ3v) is 5.36. The molecule has 158 valence electrons. The Hall–Kier alpha value is -3.52. The highest BCUT2D eigenvalue weighted by Crippen LogP contribution is 2.31. The van der Waals surface area contributed by atoms with Gasteiger partial charge in [-0.25, -0.2) is 4.98 Å². The van der Waals surface area contributed by atoms with Crippen molar-refractivity contribution in [1.82, 2.24) is 29.5 Å². The highest BCUT2D eigenvalue weighted by molar-refractivity contribution is 5.72. The van der Waals surface area contributed by atoms with E-state index in [9.17, 15) is 0 Å². The van der Waals surface area contributed by atoms with E-state index in [2.05, 4.69) is 27.3 Å². The van der Waals surface area contributed by atoms with E-state index in [1.54, 1.807) is 21.8 Å². The average molecular weight is 416 g/mol. The molecule has 0 N–H and O–H groups in total. The quantitative estimate of drug-likeness (QED) is 0.479. The molecule has 8 heteroatoms. The first kappa shape index (κ1) is 19.4. The van der Waals surface area contributed by atoms with E-state index < -0.39 is 0 Å². The summed E-state index contributed by atoms with van der Waals surface area (Å²) >= 11 is 0. The van der Waals surface area contributed by atoms with Crippen LogP contribution in [0.2, 0.25) is 0 Å². The van der Waals surface area contributed by atoms with Gasteiger partial charge in [-0.3, -0.25) is 9.36 Å². The Labute approximate surface area is 180 Å². The Balaban J connectivity index is 1.49. The summed E-state index contributed by atoms with van der Waals surface area (Å²) in [4.78, 5) is 9.42. The Morgan fingerprint density at radius 2 is 1.77 bits per heavy atom. The van der Waals surface area contributed by atoms with Crippen molar-refractivity contribution in [2.75, 3.05) is 13.2 Å². The van der Waals surface area contributed by atoms with Crippen molar-refractivity contribution in [3.8, 4) is 39.5 Å². The minimum atomic E-state index is 0.106. The third kappa shape index (κ3) is 4.20. The van der Waals surface area contributed by atoms with Gasteiger partial charge in [0.2, 0.25) is 5.88 Å². The fourth-order valence-corrected chi connectivity index (χ4v) is 3.73. The van der Waals surface area contributed by atoms with Gasteiger partial charge in [0.15, 0.2) is 5.82 Å². The number of ether oxygens (including phenoxy) is 2. The number of aryl methyl sites for hydroxylation is 2. The van der Waals surface area contributed by atoms with Crippen molar-refractivity contribution in [3.63, 3.8) is 0 Å². The summed E-state index contributed by atoms with van der Waals surface area (Å²) in [7, 11) is 3.79. The highest BCUT2D eigenvalue weighted by Gasteiger charge is 2.19. The molecule has 1 aromatic carbocycles. The van der Waals surface area contributed by atoms with Crippen LogP contribution in [0, 0.1) is 0 Å². The molecule has 8 nitrogen and oxygen atoms in total. The maximum atomic E-state index is 6.14. The maximum absolute atomic E-state index is 6.14. The zero-order chi connectivity index (χ0) is 21.2. The van der Waals surface area contributed by atoms with Crippen LogP contribution in [0.4, 0.5) is 0 Å². The number of nitrogens with zero attached hydrogens (tertiary/aromatic N) is 6. The van der Waals surface area contributed by atoms with Crippen LogP contribution in [-0.4, -0.2) is 48.8 Å². The van der Waals surface area contributed by atoms with Crippen LogP contribution in [0.15, 0.2) is 55.2 Å². The standard InChI is InChI=1S/C23H24N6O2/c1-28-13-18(10-25-28)16-5-3-6-17(9-16)22-24-12-21(19-11-26-29(2)14-19)23(27-22)31-15-20-7-4-8-30-20/h3,5-6,9-14,20H,4,7-8,15H2,1-2H3. The molecule has 1 aliphatic rings. The Morgan fingerprint density at radius 1 is 1.00 bits per heavy atom. The summed E-state index contributed by atoms with van der Waals surface area (Å²) in [6.45, 7) is 1.26. The summed E-state index contributed by atoms with van der Waals surface area (Å²) in [5.74, 6) is 1.15. The van der Waals surface area contributed by atoms with Gasteiger partial charge in [-0.1, -0.05) is 18.2 Å². The van der Waals surface area contributed by atoms with E-state index >= 15 is 0 Å². The largest absolute Gasteiger partial charge is 0.474 e. The lowest BCUT2D eigenvalue weighted by Crippen LogP contribution is -2.17. The Morgan fingerprint density at radius 3 is 2.48 bits per heavy atom. The predicted octanol–water partition coefficient (Wildman–Crippen LogP) is 3.50. The topological polar surface area (TPSA) is 79.9 Å².